The Kier molecular flexibility index (Phi) is 10.3. The summed E-state index contributed by atoms with van der Waals surface area (Å²) in [6.45, 7) is 4.26. The summed E-state index contributed by atoms with van der Waals surface area (Å²) in [6, 6.07) is 16.7. The quantitative estimate of drug-likeness (QED) is 0.260. The summed E-state index contributed by atoms with van der Waals surface area (Å²) in [5.74, 6) is -0.256. The van der Waals surface area contributed by atoms with Crippen LogP contribution in [0.3, 0.4) is 0 Å². The Balaban J connectivity index is 1.87. The minimum absolute atomic E-state index is 0.0142. The van der Waals surface area contributed by atoms with Gasteiger partial charge in [-0.05, 0) is 42.7 Å². The first kappa shape index (κ1) is 23.3. The zero-order valence-corrected chi connectivity index (χ0v) is 18.1. The third-order valence-electron chi connectivity index (χ3n) is 4.82. The second-order valence-corrected chi connectivity index (χ2v) is 7.41. The lowest BCUT2D eigenvalue weighted by molar-refractivity contribution is -0.116. The molecule has 0 fully saturated rings. The van der Waals surface area contributed by atoms with E-state index in [-0.39, 0.29) is 11.8 Å². The van der Waals surface area contributed by atoms with E-state index in [1.165, 1.54) is 19.3 Å². The van der Waals surface area contributed by atoms with Crippen molar-refractivity contribution in [1.82, 2.24) is 5.43 Å². The maximum atomic E-state index is 12.4. The molecule has 0 atom stereocenters. The molecule has 0 radical (unpaired) electrons. The summed E-state index contributed by atoms with van der Waals surface area (Å²) in [7, 11) is 0. The Morgan fingerprint density at radius 3 is 2.13 bits per heavy atom. The highest BCUT2D eigenvalue weighted by molar-refractivity contribution is 6.02. The molecular formula is C25H33N3O2. The van der Waals surface area contributed by atoms with Crippen LogP contribution in [0.5, 0.6) is 0 Å². The number of hydrogen-bond donors (Lipinski definition) is 2. The van der Waals surface area contributed by atoms with Gasteiger partial charge in [-0.25, -0.2) is 5.43 Å². The van der Waals surface area contributed by atoms with Gasteiger partial charge in [0.25, 0.3) is 5.91 Å². The Labute approximate surface area is 180 Å². The van der Waals surface area contributed by atoms with Gasteiger partial charge >= 0.3 is 0 Å². The predicted octanol–water partition coefficient (Wildman–Crippen LogP) is 5.92. The highest BCUT2D eigenvalue weighted by Crippen LogP contribution is 2.12. The van der Waals surface area contributed by atoms with Crippen LogP contribution < -0.4 is 10.7 Å². The number of unbranched alkanes of at least 4 members (excludes halogenated alkanes) is 4. The summed E-state index contributed by atoms with van der Waals surface area (Å²) in [5.41, 5.74) is 5.71. The van der Waals surface area contributed by atoms with Gasteiger partial charge in [-0.15, -0.1) is 0 Å². The minimum Gasteiger partial charge on any atom is -0.326 e. The first-order chi connectivity index (χ1) is 14.6. The normalized spacial score (nSPS) is 11.2. The van der Waals surface area contributed by atoms with Crippen molar-refractivity contribution in [2.45, 2.75) is 65.2 Å². The average molecular weight is 408 g/mol. The van der Waals surface area contributed by atoms with Gasteiger partial charge in [-0.2, -0.15) is 5.10 Å². The number of nitrogens with zero attached hydrogens (tertiary/aromatic N) is 1. The van der Waals surface area contributed by atoms with Gasteiger partial charge in [0.05, 0.1) is 5.71 Å². The molecular weight excluding hydrogens is 374 g/mol. The van der Waals surface area contributed by atoms with Gasteiger partial charge in [-0.1, -0.05) is 76.3 Å². The number of carbonyl (C=O) groups is 2. The number of anilines is 1. The molecule has 0 unspecified atom stereocenters. The Bertz CT molecular complexity index is 814. The van der Waals surface area contributed by atoms with Crippen LogP contribution in [0.15, 0.2) is 59.7 Å². The molecule has 5 nitrogen and oxygen atoms in total. The molecule has 2 aromatic rings. The Morgan fingerprint density at radius 1 is 0.767 bits per heavy atom. The Hall–Kier alpha value is -2.95. The van der Waals surface area contributed by atoms with Crippen molar-refractivity contribution in [3.8, 4) is 0 Å². The number of rotatable bonds is 12. The molecule has 2 amide bonds. The van der Waals surface area contributed by atoms with Gasteiger partial charge in [-0.3, -0.25) is 9.59 Å². The van der Waals surface area contributed by atoms with Crippen LogP contribution in [0.1, 0.15) is 81.1 Å². The third-order valence-corrected chi connectivity index (χ3v) is 4.82. The molecule has 2 aromatic carbocycles. The van der Waals surface area contributed by atoms with Gasteiger partial charge in [0, 0.05) is 17.7 Å². The molecule has 2 rings (SSSR count). The summed E-state index contributed by atoms with van der Waals surface area (Å²) in [6.07, 6.45) is 7.85. The lowest BCUT2D eigenvalue weighted by atomic mass is 10.1. The van der Waals surface area contributed by atoms with E-state index >= 15 is 0 Å². The smallest absolute Gasteiger partial charge is 0.271 e. The standard InChI is InChI=1S/C25H33N3O2/c1-3-5-6-7-11-15-24(29)26-22-18-16-21(17-19-22)25(30)28-27-23(12-4-2)20-13-9-8-10-14-20/h8-10,13-14,16-19H,3-7,11-12,15H2,1-2H3,(H,26,29)(H,28,30)/b27-23-. The maximum Gasteiger partial charge on any atom is 0.271 e. The van der Waals surface area contributed by atoms with Crippen LogP contribution in [0.4, 0.5) is 5.69 Å². The fraction of sp³-hybridized carbons (Fsp3) is 0.400. The highest BCUT2D eigenvalue weighted by atomic mass is 16.2. The molecule has 2 N–H and O–H groups in total. The number of benzene rings is 2. The van der Waals surface area contributed by atoms with E-state index in [4.69, 9.17) is 0 Å². The second-order valence-electron chi connectivity index (χ2n) is 7.41. The second kappa shape index (κ2) is 13.3. The third kappa shape index (κ3) is 8.19. The first-order valence-electron chi connectivity index (χ1n) is 11.0. The fourth-order valence-corrected chi connectivity index (χ4v) is 3.13. The predicted molar refractivity (Wildman–Crippen MR) is 124 cm³/mol. The van der Waals surface area contributed by atoms with Gasteiger partial charge in [0.1, 0.15) is 0 Å². The van der Waals surface area contributed by atoms with Crippen molar-refractivity contribution in [3.63, 3.8) is 0 Å². The lowest BCUT2D eigenvalue weighted by Crippen LogP contribution is -2.20. The van der Waals surface area contributed by atoms with Gasteiger partial charge < -0.3 is 5.32 Å². The summed E-state index contributed by atoms with van der Waals surface area (Å²) >= 11 is 0. The monoisotopic (exact) mass is 407 g/mol. The molecule has 0 aliphatic carbocycles. The summed E-state index contributed by atoms with van der Waals surface area (Å²) in [5, 5.41) is 7.22. The van der Waals surface area contributed by atoms with Crippen molar-refractivity contribution in [2.75, 3.05) is 5.32 Å². The summed E-state index contributed by atoms with van der Waals surface area (Å²) in [4.78, 5) is 24.5. The molecule has 0 saturated heterocycles. The van der Waals surface area contributed by atoms with Crippen molar-refractivity contribution in [3.05, 3.63) is 65.7 Å². The van der Waals surface area contributed by atoms with E-state index in [0.29, 0.717) is 17.7 Å². The zero-order chi connectivity index (χ0) is 21.6. The number of carbonyl (C=O) groups excluding carboxylic acids is 2. The maximum absolute atomic E-state index is 12.4. The number of hydrazone groups is 1. The molecule has 0 spiro atoms. The largest absolute Gasteiger partial charge is 0.326 e. The van der Waals surface area contributed by atoms with E-state index in [2.05, 4.69) is 29.7 Å². The lowest BCUT2D eigenvalue weighted by Gasteiger charge is -2.08. The summed E-state index contributed by atoms with van der Waals surface area (Å²) < 4.78 is 0. The molecule has 0 aliphatic rings. The fourth-order valence-electron chi connectivity index (χ4n) is 3.13. The van der Waals surface area contributed by atoms with E-state index < -0.39 is 0 Å². The minimum atomic E-state index is -0.270. The molecule has 0 bridgehead atoms. The average Bonchev–Trinajstić information content (AvgIpc) is 2.77. The molecule has 0 heterocycles. The van der Waals surface area contributed by atoms with E-state index in [1.54, 1.807) is 24.3 Å². The van der Waals surface area contributed by atoms with E-state index in [1.807, 2.05) is 30.3 Å². The van der Waals surface area contributed by atoms with Crippen LogP contribution in [-0.2, 0) is 4.79 Å². The molecule has 160 valence electrons. The highest BCUT2D eigenvalue weighted by Gasteiger charge is 2.08. The molecule has 0 saturated carbocycles. The first-order valence-corrected chi connectivity index (χ1v) is 11.0. The molecule has 0 aromatic heterocycles. The molecule has 5 heteroatoms. The molecule has 0 aliphatic heterocycles. The van der Waals surface area contributed by atoms with Crippen LogP contribution in [-0.4, -0.2) is 17.5 Å². The van der Waals surface area contributed by atoms with Crippen LogP contribution in [0.2, 0.25) is 0 Å². The van der Waals surface area contributed by atoms with Crippen LogP contribution in [0, 0.1) is 0 Å². The number of nitrogens with one attached hydrogen (secondary N) is 2. The Morgan fingerprint density at radius 2 is 1.47 bits per heavy atom. The van der Waals surface area contributed by atoms with Crippen molar-refractivity contribution >= 4 is 23.2 Å². The SMILES string of the molecule is CCCCCCCC(=O)Nc1ccc(C(=O)N/N=C(/CCC)c2ccccc2)cc1. The zero-order valence-electron chi connectivity index (χ0n) is 18.1. The van der Waals surface area contributed by atoms with Crippen molar-refractivity contribution in [2.24, 2.45) is 5.10 Å². The molecule has 30 heavy (non-hydrogen) atoms. The van der Waals surface area contributed by atoms with Gasteiger partial charge in [0.2, 0.25) is 5.91 Å². The van der Waals surface area contributed by atoms with Crippen molar-refractivity contribution < 1.29 is 9.59 Å². The van der Waals surface area contributed by atoms with E-state index in [9.17, 15) is 9.59 Å². The topological polar surface area (TPSA) is 70.6 Å². The number of amides is 2. The number of hydrogen-bond acceptors (Lipinski definition) is 3. The van der Waals surface area contributed by atoms with Crippen molar-refractivity contribution in [1.29, 1.82) is 0 Å². The van der Waals surface area contributed by atoms with Crippen LogP contribution >= 0.6 is 0 Å². The van der Waals surface area contributed by atoms with Gasteiger partial charge in [0.15, 0.2) is 0 Å². The van der Waals surface area contributed by atoms with E-state index in [0.717, 1.165) is 37.0 Å². The van der Waals surface area contributed by atoms with Crippen LogP contribution in [0.25, 0.3) is 0 Å².